The average molecular weight is 473 g/mol. The van der Waals surface area contributed by atoms with Gasteiger partial charge in [-0.3, -0.25) is 4.79 Å². The maximum atomic E-state index is 11.0. The van der Waals surface area contributed by atoms with Gasteiger partial charge in [-0.15, -0.1) is 11.8 Å². The Labute approximate surface area is 201 Å². The highest BCUT2D eigenvalue weighted by Gasteiger charge is 2.18. The van der Waals surface area contributed by atoms with Crippen LogP contribution < -0.4 is 0 Å². The van der Waals surface area contributed by atoms with Crippen LogP contribution in [0.4, 0.5) is 0 Å². The lowest BCUT2D eigenvalue weighted by Crippen LogP contribution is -2.21. The molecule has 0 aliphatic carbocycles. The highest BCUT2D eigenvalue weighted by Crippen LogP contribution is 2.28. The summed E-state index contributed by atoms with van der Waals surface area (Å²) >= 11 is 1.42. The Morgan fingerprint density at radius 1 is 0.939 bits per heavy atom. The summed E-state index contributed by atoms with van der Waals surface area (Å²) in [5, 5.41) is 28.2. The van der Waals surface area contributed by atoms with E-state index in [-0.39, 0.29) is 17.2 Å². The molecule has 0 bridgehead atoms. The van der Waals surface area contributed by atoms with Gasteiger partial charge in [0.25, 0.3) is 0 Å². The second kappa shape index (κ2) is 17.9. The van der Waals surface area contributed by atoms with Gasteiger partial charge in [0.1, 0.15) is 0 Å². The molecule has 0 saturated carbocycles. The molecule has 0 aromatic heterocycles. The highest BCUT2D eigenvalue weighted by molar-refractivity contribution is 8.00. The quantitative estimate of drug-likeness (QED) is 0.102. The SMILES string of the molecule is CCCCC/C=C\C/C=C/C=C/C=C\[C@@H](Sc1ccc(C(=O)O)cc1)[C@@H](O)CCCC(=O)O. The largest absolute Gasteiger partial charge is 0.481 e. The first-order valence-corrected chi connectivity index (χ1v) is 12.4. The van der Waals surface area contributed by atoms with Crippen LogP contribution in [-0.2, 0) is 4.79 Å². The number of aliphatic hydroxyl groups is 1. The number of rotatable bonds is 17. The van der Waals surface area contributed by atoms with Gasteiger partial charge in [0, 0.05) is 11.3 Å². The van der Waals surface area contributed by atoms with E-state index in [2.05, 4.69) is 25.2 Å². The van der Waals surface area contributed by atoms with Crippen molar-refractivity contribution in [2.45, 2.75) is 74.5 Å². The second-order valence-electron chi connectivity index (χ2n) is 7.67. The number of carboxylic acids is 2. The molecular formula is C27H36O5S. The van der Waals surface area contributed by atoms with E-state index in [0.29, 0.717) is 12.8 Å². The number of aliphatic carboxylic acids is 1. The minimum atomic E-state index is -0.984. The lowest BCUT2D eigenvalue weighted by atomic mass is 10.1. The third kappa shape index (κ3) is 14.2. The topological polar surface area (TPSA) is 94.8 Å². The summed E-state index contributed by atoms with van der Waals surface area (Å²) in [6.07, 6.45) is 21.9. The Kier molecular flexibility index (Phi) is 15.5. The summed E-state index contributed by atoms with van der Waals surface area (Å²) in [6.45, 7) is 2.20. The van der Waals surface area contributed by atoms with Crippen LogP contribution in [0.5, 0.6) is 0 Å². The highest BCUT2D eigenvalue weighted by atomic mass is 32.2. The molecule has 0 amide bonds. The number of thioether (sulfide) groups is 1. The maximum Gasteiger partial charge on any atom is 0.335 e. The molecule has 180 valence electrons. The summed E-state index contributed by atoms with van der Waals surface area (Å²) in [5.74, 6) is -1.86. The molecular weight excluding hydrogens is 436 g/mol. The zero-order valence-corrected chi connectivity index (χ0v) is 20.1. The van der Waals surface area contributed by atoms with Crippen LogP contribution >= 0.6 is 11.8 Å². The van der Waals surface area contributed by atoms with E-state index < -0.39 is 18.0 Å². The lowest BCUT2D eigenvalue weighted by molar-refractivity contribution is -0.137. The molecule has 0 aliphatic heterocycles. The molecule has 0 radical (unpaired) electrons. The van der Waals surface area contributed by atoms with Crippen molar-refractivity contribution in [2.75, 3.05) is 0 Å². The second-order valence-corrected chi connectivity index (χ2v) is 8.92. The number of unbranched alkanes of at least 4 members (excludes halogenated alkanes) is 3. The third-order valence-corrected chi connectivity index (χ3v) is 6.11. The molecule has 1 aromatic carbocycles. The molecule has 1 rings (SSSR count). The van der Waals surface area contributed by atoms with E-state index in [1.54, 1.807) is 12.1 Å². The van der Waals surface area contributed by atoms with Gasteiger partial charge < -0.3 is 15.3 Å². The summed E-state index contributed by atoms with van der Waals surface area (Å²) in [7, 11) is 0. The van der Waals surface area contributed by atoms with Crippen molar-refractivity contribution in [2.24, 2.45) is 0 Å². The van der Waals surface area contributed by atoms with Gasteiger partial charge in [-0.2, -0.15) is 0 Å². The van der Waals surface area contributed by atoms with Crippen LogP contribution in [0.2, 0.25) is 0 Å². The standard InChI is InChI=1S/C27H36O5S/c1-2-3-4-5-6-7-8-9-10-11-12-13-16-25(24(28)15-14-17-26(29)30)33-23-20-18-22(19-21-23)27(31)32/h6-7,9-13,16,18-21,24-25,28H,2-5,8,14-15,17H2,1H3,(H,29,30)(H,31,32)/b7-6-,10-9+,12-11+,16-13-/t24-,25+/m0/s1. The summed E-state index contributed by atoms with van der Waals surface area (Å²) in [5.41, 5.74) is 0.207. The molecule has 1 aromatic rings. The first-order chi connectivity index (χ1) is 15.9. The van der Waals surface area contributed by atoms with E-state index in [1.165, 1.54) is 43.2 Å². The third-order valence-electron chi connectivity index (χ3n) is 4.83. The molecule has 0 fully saturated rings. The van der Waals surface area contributed by atoms with Gasteiger partial charge in [-0.25, -0.2) is 4.79 Å². The average Bonchev–Trinajstić information content (AvgIpc) is 2.79. The Hall–Kier alpha value is -2.57. The number of benzene rings is 1. The smallest absolute Gasteiger partial charge is 0.335 e. The van der Waals surface area contributed by atoms with Crippen LogP contribution in [0.1, 0.15) is 68.6 Å². The Bertz CT molecular complexity index is 808. The van der Waals surface area contributed by atoms with Crippen molar-refractivity contribution in [3.8, 4) is 0 Å². The predicted molar refractivity (Wildman–Crippen MR) is 136 cm³/mol. The van der Waals surface area contributed by atoms with Crippen molar-refractivity contribution in [1.29, 1.82) is 0 Å². The lowest BCUT2D eigenvalue weighted by Gasteiger charge is -2.19. The van der Waals surface area contributed by atoms with Crippen molar-refractivity contribution in [3.05, 3.63) is 78.4 Å². The van der Waals surface area contributed by atoms with Gasteiger partial charge in [-0.1, -0.05) is 68.4 Å². The number of aliphatic hydroxyl groups excluding tert-OH is 1. The normalized spacial score (nSPS) is 14.0. The number of hydrogen-bond donors (Lipinski definition) is 3. The molecule has 5 nitrogen and oxygen atoms in total. The molecule has 33 heavy (non-hydrogen) atoms. The number of allylic oxidation sites excluding steroid dienone is 7. The van der Waals surface area contributed by atoms with Gasteiger partial charge in [0.05, 0.1) is 16.9 Å². The van der Waals surface area contributed by atoms with Crippen molar-refractivity contribution < 1.29 is 24.9 Å². The Morgan fingerprint density at radius 3 is 2.33 bits per heavy atom. The zero-order chi connectivity index (χ0) is 24.3. The molecule has 3 N–H and O–H groups in total. The molecule has 0 unspecified atom stereocenters. The fourth-order valence-corrected chi connectivity index (χ4v) is 4.04. The molecule has 0 heterocycles. The van der Waals surface area contributed by atoms with Gasteiger partial charge in [0.15, 0.2) is 0 Å². The molecule has 0 spiro atoms. The van der Waals surface area contributed by atoms with E-state index in [4.69, 9.17) is 10.2 Å². The van der Waals surface area contributed by atoms with Crippen LogP contribution in [0, 0.1) is 0 Å². The Morgan fingerprint density at radius 2 is 1.67 bits per heavy atom. The van der Waals surface area contributed by atoms with Gasteiger partial charge in [-0.05, 0) is 56.4 Å². The minimum absolute atomic E-state index is 0.0171. The fourth-order valence-electron chi connectivity index (χ4n) is 2.97. The van der Waals surface area contributed by atoms with Crippen molar-refractivity contribution in [3.63, 3.8) is 0 Å². The van der Waals surface area contributed by atoms with Crippen molar-refractivity contribution in [1.82, 2.24) is 0 Å². The van der Waals surface area contributed by atoms with Gasteiger partial charge in [0.2, 0.25) is 0 Å². The minimum Gasteiger partial charge on any atom is -0.481 e. The van der Waals surface area contributed by atoms with E-state index in [1.807, 2.05) is 30.4 Å². The van der Waals surface area contributed by atoms with Crippen LogP contribution in [0.15, 0.2) is 77.8 Å². The van der Waals surface area contributed by atoms with E-state index >= 15 is 0 Å². The summed E-state index contributed by atoms with van der Waals surface area (Å²) in [4.78, 5) is 22.6. The molecule has 6 heteroatoms. The van der Waals surface area contributed by atoms with Crippen LogP contribution in [0.3, 0.4) is 0 Å². The zero-order valence-electron chi connectivity index (χ0n) is 19.3. The Balaban J connectivity index is 2.63. The fraction of sp³-hybridized carbons (Fsp3) is 0.407. The summed E-state index contributed by atoms with van der Waals surface area (Å²) < 4.78 is 0. The summed E-state index contributed by atoms with van der Waals surface area (Å²) in [6, 6.07) is 6.50. The number of carbonyl (C=O) groups is 2. The first kappa shape index (κ1) is 28.5. The number of carboxylic acid groups (broad SMARTS) is 2. The van der Waals surface area contributed by atoms with E-state index in [0.717, 1.165) is 17.7 Å². The van der Waals surface area contributed by atoms with Gasteiger partial charge >= 0.3 is 11.9 Å². The van der Waals surface area contributed by atoms with Crippen LogP contribution in [-0.4, -0.2) is 38.6 Å². The predicted octanol–water partition coefficient (Wildman–Crippen LogP) is 6.66. The first-order valence-electron chi connectivity index (χ1n) is 11.5. The van der Waals surface area contributed by atoms with E-state index in [9.17, 15) is 14.7 Å². The maximum absolute atomic E-state index is 11.0. The number of aromatic carboxylic acids is 1. The number of hydrogen-bond acceptors (Lipinski definition) is 4. The monoisotopic (exact) mass is 472 g/mol. The molecule has 0 aliphatic rings. The molecule has 0 saturated heterocycles. The van der Waals surface area contributed by atoms with Crippen molar-refractivity contribution >= 4 is 23.7 Å². The molecule has 2 atom stereocenters. The van der Waals surface area contributed by atoms with Crippen LogP contribution in [0.25, 0.3) is 0 Å².